The minimum atomic E-state index is -0.0236. The van der Waals surface area contributed by atoms with E-state index in [0.29, 0.717) is 36.1 Å². The van der Waals surface area contributed by atoms with Gasteiger partial charge in [-0.25, -0.2) is 0 Å². The quantitative estimate of drug-likeness (QED) is 0.472. The van der Waals surface area contributed by atoms with Gasteiger partial charge in [0.2, 0.25) is 0 Å². The van der Waals surface area contributed by atoms with E-state index in [1.807, 2.05) is 44.2 Å². The van der Waals surface area contributed by atoms with Crippen molar-refractivity contribution in [2.45, 2.75) is 27.4 Å². The summed E-state index contributed by atoms with van der Waals surface area (Å²) >= 11 is 4.99. The van der Waals surface area contributed by atoms with Gasteiger partial charge in [-0.15, -0.1) is 0 Å². The molecular formula is C23H25BrN2O3S. The number of aliphatic imine (C=N–C) groups is 1. The molecule has 1 aliphatic heterocycles. The molecule has 1 heterocycles. The van der Waals surface area contributed by atoms with E-state index in [2.05, 4.69) is 40.0 Å². The van der Waals surface area contributed by atoms with E-state index in [1.165, 1.54) is 17.3 Å². The molecular weight excluding hydrogens is 464 g/mol. The summed E-state index contributed by atoms with van der Waals surface area (Å²) in [5, 5.41) is 0.750. The molecule has 1 aliphatic rings. The molecule has 7 heteroatoms. The zero-order valence-corrected chi connectivity index (χ0v) is 20.0. The number of halogens is 1. The molecule has 0 atom stereocenters. The second-order valence-electron chi connectivity index (χ2n) is 6.73. The Morgan fingerprint density at radius 1 is 1.20 bits per heavy atom. The van der Waals surface area contributed by atoms with Gasteiger partial charge in [-0.3, -0.25) is 14.7 Å². The van der Waals surface area contributed by atoms with Gasteiger partial charge in [-0.05, 0) is 77.8 Å². The highest BCUT2D eigenvalue weighted by Crippen LogP contribution is 2.39. The summed E-state index contributed by atoms with van der Waals surface area (Å²) in [6.45, 7) is 7.65. The number of benzene rings is 2. The van der Waals surface area contributed by atoms with Gasteiger partial charge in [-0.2, -0.15) is 0 Å². The molecule has 2 aromatic rings. The van der Waals surface area contributed by atoms with E-state index < -0.39 is 0 Å². The van der Waals surface area contributed by atoms with Crippen molar-refractivity contribution in [3.8, 4) is 11.5 Å². The van der Waals surface area contributed by atoms with Gasteiger partial charge < -0.3 is 9.47 Å². The molecule has 0 aliphatic carbocycles. The first-order chi connectivity index (χ1) is 14.5. The molecule has 0 aromatic heterocycles. The largest absolute Gasteiger partial charge is 0.493 e. The Morgan fingerprint density at radius 2 is 1.93 bits per heavy atom. The lowest BCUT2D eigenvalue weighted by Gasteiger charge is -2.14. The van der Waals surface area contributed by atoms with Gasteiger partial charge in [0.15, 0.2) is 16.7 Å². The highest BCUT2D eigenvalue weighted by atomic mass is 79.9. The third-order valence-electron chi connectivity index (χ3n) is 4.55. The topological polar surface area (TPSA) is 51.1 Å². The average molecular weight is 489 g/mol. The van der Waals surface area contributed by atoms with Crippen molar-refractivity contribution in [3.63, 3.8) is 0 Å². The maximum atomic E-state index is 12.7. The van der Waals surface area contributed by atoms with Crippen molar-refractivity contribution < 1.29 is 14.3 Å². The molecule has 0 N–H and O–H groups in total. The molecule has 0 bridgehead atoms. The summed E-state index contributed by atoms with van der Waals surface area (Å²) in [4.78, 5) is 19.5. The lowest BCUT2D eigenvalue weighted by atomic mass is 10.1. The minimum absolute atomic E-state index is 0.0236. The number of ether oxygens (including phenoxy) is 2. The average Bonchev–Trinajstić information content (AvgIpc) is 3.02. The van der Waals surface area contributed by atoms with Crippen molar-refractivity contribution in [2.24, 2.45) is 4.99 Å². The number of amidine groups is 1. The Labute approximate surface area is 190 Å². The molecule has 1 amide bonds. The third-order valence-corrected chi connectivity index (χ3v) is 6.18. The molecule has 3 rings (SSSR count). The maximum Gasteiger partial charge on any atom is 0.266 e. The summed E-state index contributed by atoms with van der Waals surface area (Å²) in [6, 6.07) is 12.0. The number of carbonyl (C=O) groups is 1. The van der Waals surface area contributed by atoms with Gasteiger partial charge in [0.1, 0.15) is 6.61 Å². The van der Waals surface area contributed by atoms with E-state index in [9.17, 15) is 4.79 Å². The third kappa shape index (κ3) is 5.08. The van der Waals surface area contributed by atoms with E-state index in [0.717, 1.165) is 20.8 Å². The Balaban J connectivity index is 1.84. The molecule has 158 valence electrons. The Kier molecular flexibility index (Phi) is 7.61. The number of thioether (sulfide) groups is 1. The smallest absolute Gasteiger partial charge is 0.266 e. The summed E-state index contributed by atoms with van der Waals surface area (Å²) < 4.78 is 12.3. The fourth-order valence-corrected chi connectivity index (χ4v) is 4.67. The number of carbonyl (C=O) groups excluding carboxylic acids is 1. The molecule has 0 spiro atoms. The summed E-state index contributed by atoms with van der Waals surface area (Å²) in [7, 11) is 1.61. The predicted octanol–water partition coefficient (Wildman–Crippen LogP) is 5.66. The van der Waals surface area contributed by atoms with Crippen LogP contribution in [0.25, 0.3) is 6.08 Å². The van der Waals surface area contributed by atoms with Crippen molar-refractivity contribution >= 4 is 44.8 Å². The van der Waals surface area contributed by atoms with Crippen LogP contribution in [-0.4, -0.2) is 36.2 Å². The second-order valence-corrected chi connectivity index (χ2v) is 8.59. The lowest BCUT2D eigenvalue weighted by Crippen LogP contribution is -2.28. The van der Waals surface area contributed by atoms with Crippen LogP contribution in [0.4, 0.5) is 0 Å². The lowest BCUT2D eigenvalue weighted by molar-refractivity contribution is -0.122. The summed E-state index contributed by atoms with van der Waals surface area (Å²) in [5.41, 5.74) is 3.14. The number of rotatable bonds is 7. The van der Waals surface area contributed by atoms with Crippen molar-refractivity contribution in [1.29, 1.82) is 0 Å². The Morgan fingerprint density at radius 3 is 2.57 bits per heavy atom. The van der Waals surface area contributed by atoms with Crippen LogP contribution in [0, 0.1) is 6.92 Å². The number of nitrogens with zero attached hydrogens (tertiary/aromatic N) is 2. The zero-order valence-electron chi connectivity index (χ0n) is 17.6. The van der Waals surface area contributed by atoms with Gasteiger partial charge >= 0.3 is 0 Å². The van der Waals surface area contributed by atoms with Crippen LogP contribution in [0.15, 0.2) is 50.8 Å². The SMILES string of the molecule is CCN=C1S/C(=C/c2cc(Br)c(OCc3ccc(C)cc3)c(OC)c2)C(=O)N1CC. The van der Waals surface area contributed by atoms with Crippen LogP contribution in [-0.2, 0) is 11.4 Å². The van der Waals surface area contributed by atoms with E-state index in [4.69, 9.17) is 9.47 Å². The van der Waals surface area contributed by atoms with Crippen molar-refractivity contribution in [1.82, 2.24) is 4.90 Å². The highest BCUT2D eigenvalue weighted by molar-refractivity contribution is 9.10. The molecule has 5 nitrogen and oxygen atoms in total. The van der Waals surface area contributed by atoms with E-state index in [1.54, 1.807) is 12.0 Å². The van der Waals surface area contributed by atoms with Crippen molar-refractivity contribution in [2.75, 3.05) is 20.2 Å². The van der Waals surface area contributed by atoms with E-state index >= 15 is 0 Å². The molecule has 0 saturated carbocycles. The molecule has 2 aromatic carbocycles. The van der Waals surface area contributed by atoms with Crippen LogP contribution in [0.2, 0.25) is 0 Å². The first-order valence-corrected chi connectivity index (χ1v) is 11.4. The number of aryl methyl sites for hydroxylation is 1. The predicted molar refractivity (Wildman–Crippen MR) is 127 cm³/mol. The molecule has 30 heavy (non-hydrogen) atoms. The minimum Gasteiger partial charge on any atom is -0.493 e. The Bertz CT molecular complexity index is 987. The number of hydrogen-bond donors (Lipinski definition) is 0. The fraction of sp³-hybridized carbons (Fsp3) is 0.304. The highest BCUT2D eigenvalue weighted by Gasteiger charge is 2.31. The van der Waals surface area contributed by atoms with Gasteiger partial charge in [0.05, 0.1) is 16.5 Å². The molecule has 1 saturated heterocycles. The van der Waals surface area contributed by atoms with Gasteiger partial charge in [0, 0.05) is 13.1 Å². The van der Waals surface area contributed by atoms with E-state index in [-0.39, 0.29) is 5.91 Å². The number of likely N-dealkylation sites (N-methyl/N-ethyl adjacent to an activating group) is 1. The van der Waals surface area contributed by atoms with Crippen LogP contribution in [0.3, 0.4) is 0 Å². The second kappa shape index (κ2) is 10.2. The standard InChI is InChI=1S/C23H25BrN2O3S/c1-5-25-23-26(6-2)22(27)20(30-23)13-17-11-18(24)21(19(12-17)28-4)29-14-16-9-7-15(3)8-10-16/h7-13H,5-6,14H2,1-4H3/b20-13+,25-23?. The molecule has 1 fully saturated rings. The molecule has 0 radical (unpaired) electrons. The normalized spacial score (nSPS) is 16.6. The van der Waals surface area contributed by atoms with Crippen LogP contribution < -0.4 is 9.47 Å². The van der Waals surface area contributed by atoms with Crippen LogP contribution >= 0.6 is 27.7 Å². The van der Waals surface area contributed by atoms with Crippen LogP contribution in [0.5, 0.6) is 11.5 Å². The number of hydrogen-bond acceptors (Lipinski definition) is 5. The maximum absolute atomic E-state index is 12.7. The molecule has 0 unspecified atom stereocenters. The fourth-order valence-electron chi connectivity index (χ4n) is 2.99. The first kappa shape index (κ1) is 22.4. The Hall–Kier alpha value is -2.25. The number of methoxy groups -OCH3 is 1. The zero-order chi connectivity index (χ0) is 21.7. The van der Waals surface area contributed by atoms with Gasteiger partial charge in [0.25, 0.3) is 5.91 Å². The first-order valence-electron chi connectivity index (χ1n) is 9.78. The summed E-state index contributed by atoms with van der Waals surface area (Å²) in [5.74, 6) is 1.21. The monoisotopic (exact) mass is 488 g/mol. The number of amides is 1. The summed E-state index contributed by atoms with van der Waals surface area (Å²) in [6.07, 6.45) is 1.87. The van der Waals surface area contributed by atoms with Crippen LogP contribution in [0.1, 0.15) is 30.5 Å². The van der Waals surface area contributed by atoms with Gasteiger partial charge in [-0.1, -0.05) is 29.8 Å². The van der Waals surface area contributed by atoms with Crippen molar-refractivity contribution in [3.05, 3.63) is 62.5 Å².